The van der Waals surface area contributed by atoms with Crippen LogP contribution in [0.3, 0.4) is 0 Å². The van der Waals surface area contributed by atoms with Crippen LogP contribution in [0.2, 0.25) is 5.02 Å². The second-order valence-corrected chi connectivity index (χ2v) is 10.8. The zero-order valence-corrected chi connectivity index (χ0v) is 20.0. The van der Waals surface area contributed by atoms with Crippen molar-refractivity contribution in [1.29, 1.82) is 0 Å². The number of rotatable bonds is 7. The fraction of sp³-hybridized carbons (Fsp3) is 0.524. The maximum atomic E-state index is 12.9. The number of piperidine rings is 1. The molecular weight excluding hydrogens is 486 g/mol. The first-order chi connectivity index (χ1) is 16.3. The minimum Gasteiger partial charge on any atom is -0.382 e. The summed E-state index contributed by atoms with van der Waals surface area (Å²) in [5.74, 6) is 0.356. The Morgan fingerprint density at radius 3 is 2.53 bits per heavy atom. The first-order valence-corrected chi connectivity index (χ1v) is 12.9. The molecule has 1 aromatic heterocycles. The molecule has 11 nitrogen and oxygen atoms in total. The standard InChI is InChI=1S/C21H26ClN5O6S/c22-20-19(23-12-15-2-1-11-33-14-15)13-24-26(21(20)28)16-7-9-25(10-8-16)34(31,32)18-5-3-17(4-6-18)27(29)30/h3-6,13,15-16,23H,1-2,7-12,14H2/t15-/m1/s1. The van der Waals surface area contributed by atoms with E-state index in [0.29, 0.717) is 37.6 Å². The van der Waals surface area contributed by atoms with Gasteiger partial charge in [-0.3, -0.25) is 14.9 Å². The van der Waals surface area contributed by atoms with E-state index in [-0.39, 0.29) is 34.7 Å². The van der Waals surface area contributed by atoms with Gasteiger partial charge in [0.05, 0.1) is 34.4 Å². The van der Waals surface area contributed by atoms with E-state index in [9.17, 15) is 23.3 Å². The minimum atomic E-state index is -3.80. The summed E-state index contributed by atoms with van der Waals surface area (Å²) in [6.45, 7) is 2.48. The number of nitro groups is 1. The van der Waals surface area contributed by atoms with Crippen LogP contribution in [-0.4, -0.2) is 60.3 Å². The van der Waals surface area contributed by atoms with E-state index >= 15 is 0 Å². The summed E-state index contributed by atoms with van der Waals surface area (Å²) in [5.41, 5.74) is -0.111. The lowest BCUT2D eigenvalue weighted by atomic mass is 10.0. The molecule has 13 heteroatoms. The molecule has 0 bridgehead atoms. The van der Waals surface area contributed by atoms with Crippen molar-refractivity contribution in [3.05, 3.63) is 56.0 Å². The molecule has 1 aromatic carbocycles. The number of halogens is 1. The van der Waals surface area contributed by atoms with Crippen LogP contribution in [-0.2, 0) is 14.8 Å². The lowest BCUT2D eigenvalue weighted by molar-refractivity contribution is -0.384. The summed E-state index contributed by atoms with van der Waals surface area (Å²) >= 11 is 6.33. The number of ether oxygens (including phenoxy) is 1. The van der Waals surface area contributed by atoms with Gasteiger partial charge in [-0.1, -0.05) is 11.6 Å². The van der Waals surface area contributed by atoms with Crippen molar-refractivity contribution in [1.82, 2.24) is 14.1 Å². The van der Waals surface area contributed by atoms with Gasteiger partial charge in [0, 0.05) is 38.4 Å². The van der Waals surface area contributed by atoms with E-state index in [1.807, 2.05) is 0 Å². The maximum Gasteiger partial charge on any atom is 0.287 e. The number of nitrogens with zero attached hydrogens (tertiary/aromatic N) is 4. The van der Waals surface area contributed by atoms with Gasteiger partial charge < -0.3 is 10.1 Å². The van der Waals surface area contributed by atoms with Gasteiger partial charge in [0.15, 0.2) is 0 Å². The predicted molar refractivity (Wildman–Crippen MR) is 126 cm³/mol. The molecule has 0 saturated carbocycles. The molecule has 4 rings (SSSR count). The minimum absolute atomic E-state index is 0.00585. The van der Waals surface area contributed by atoms with Crippen molar-refractivity contribution < 1.29 is 18.1 Å². The van der Waals surface area contributed by atoms with Crippen molar-refractivity contribution in [3.8, 4) is 0 Å². The van der Waals surface area contributed by atoms with Crippen LogP contribution in [0, 0.1) is 16.0 Å². The van der Waals surface area contributed by atoms with Gasteiger partial charge >= 0.3 is 0 Å². The average molecular weight is 512 g/mol. The first-order valence-electron chi connectivity index (χ1n) is 11.1. The molecule has 1 atom stereocenters. The Labute approximate surface area is 201 Å². The molecule has 2 aromatic rings. The molecule has 2 aliphatic rings. The number of aromatic nitrogens is 2. The first kappa shape index (κ1) is 24.6. The predicted octanol–water partition coefficient (Wildman–Crippen LogP) is 2.67. The Kier molecular flexibility index (Phi) is 7.51. The van der Waals surface area contributed by atoms with Crippen LogP contribution in [0.15, 0.2) is 40.2 Å². The Bertz CT molecular complexity index is 1190. The molecule has 0 radical (unpaired) electrons. The average Bonchev–Trinajstić information content (AvgIpc) is 2.86. The van der Waals surface area contributed by atoms with Crippen molar-refractivity contribution in [3.63, 3.8) is 0 Å². The number of non-ortho nitro benzene ring substituents is 1. The van der Waals surface area contributed by atoms with Gasteiger partial charge in [0.1, 0.15) is 5.02 Å². The van der Waals surface area contributed by atoms with E-state index < -0.39 is 20.5 Å². The zero-order chi connectivity index (χ0) is 24.3. The molecule has 0 amide bonds. The second-order valence-electron chi connectivity index (χ2n) is 8.47. The second kappa shape index (κ2) is 10.4. The highest BCUT2D eigenvalue weighted by atomic mass is 35.5. The van der Waals surface area contributed by atoms with Crippen LogP contribution in [0.25, 0.3) is 0 Å². The molecule has 1 N–H and O–H groups in total. The Morgan fingerprint density at radius 1 is 1.21 bits per heavy atom. The number of anilines is 1. The van der Waals surface area contributed by atoms with Gasteiger partial charge in [-0.05, 0) is 43.7 Å². The highest BCUT2D eigenvalue weighted by Gasteiger charge is 2.31. The fourth-order valence-corrected chi connectivity index (χ4v) is 5.94. The van der Waals surface area contributed by atoms with Crippen molar-refractivity contribution in [2.75, 3.05) is 38.2 Å². The van der Waals surface area contributed by atoms with Crippen LogP contribution in [0.1, 0.15) is 31.7 Å². The van der Waals surface area contributed by atoms with Gasteiger partial charge in [-0.25, -0.2) is 13.1 Å². The van der Waals surface area contributed by atoms with E-state index in [1.165, 1.54) is 39.4 Å². The smallest absolute Gasteiger partial charge is 0.287 e. The number of nitrogens with one attached hydrogen (secondary N) is 1. The van der Waals surface area contributed by atoms with E-state index in [4.69, 9.17) is 16.3 Å². The van der Waals surface area contributed by atoms with Gasteiger partial charge in [-0.15, -0.1) is 0 Å². The number of hydrogen-bond donors (Lipinski definition) is 1. The molecule has 0 unspecified atom stereocenters. The lowest BCUT2D eigenvalue weighted by Crippen LogP contribution is -2.41. The SMILES string of the molecule is O=c1c(Cl)c(NC[C@H]2CCCOC2)cnn1C1CCN(S(=O)(=O)c2ccc([N+](=O)[O-])cc2)CC1. The van der Waals surface area contributed by atoms with Crippen LogP contribution in [0.4, 0.5) is 11.4 Å². The number of sulfonamides is 1. The molecule has 3 heterocycles. The normalized spacial score (nSPS) is 20.2. The van der Waals surface area contributed by atoms with Crippen LogP contribution in [0.5, 0.6) is 0 Å². The summed E-state index contributed by atoms with van der Waals surface area (Å²) in [6.07, 6.45) is 4.38. The largest absolute Gasteiger partial charge is 0.382 e. The van der Waals surface area contributed by atoms with Gasteiger partial charge in [-0.2, -0.15) is 9.40 Å². The molecular formula is C21H26ClN5O6S. The quantitative estimate of drug-likeness (QED) is 0.442. The lowest BCUT2D eigenvalue weighted by Gasteiger charge is -2.31. The molecule has 184 valence electrons. The molecule has 2 aliphatic heterocycles. The van der Waals surface area contributed by atoms with Gasteiger partial charge in [0.2, 0.25) is 10.0 Å². The highest BCUT2D eigenvalue weighted by molar-refractivity contribution is 7.89. The number of benzene rings is 1. The summed E-state index contributed by atoms with van der Waals surface area (Å²) in [5, 5.41) is 18.4. The molecule has 34 heavy (non-hydrogen) atoms. The van der Waals surface area contributed by atoms with Crippen molar-refractivity contribution in [2.45, 2.75) is 36.6 Å². The highest BCUT2D eigenvalue weighted by Crippen LogP contribution is 2.28. The number of hydrogen-bond acceptors (Lipinski definition) is 8. The third-order valence-corrected chi connectivity index (χ3v) is 8.51. The van der Waals surface area contributed by atoms with E-state index in [0.717, 1.165) is 19.4 Å². The Hall–Kier alpha value is -2.54. The van der Waals surface area contributed by atoms with E-state index in [2.05, 4.69) is 10.4 Å². The fourth-order valence-electron chi connectivity index (χ4n) is 4.27. The zero-order valence-electron chi connectivity index (χ0n) is 18.4. The Balaban J connectivity index is 1.40. The third kappa shape index (κ3) is 5.24. The van der Waals surface area contributed by atoms with Crippen LogP contribution < -0.4 is 10.9 Å². The molecule has 0 aliphatic carbocycles. The van der Waals surface area contributed by atoms with Gasteiger partial charge in [0.25, 0.3) is 11.2 Å². The maximum absolute atomic E-state index is 12.9. The topological polar surface area (TPSA) is 137 Å². The summed E-state index contributed by atoms with van der Waals surface area (Å²) < 4.78 is 33.9. The van der Waals surface area contributed by atoms with E-state index in [1.54, 1.807) is 0 Å². The summed E-state index contributed by atoms with van der Waals surface area (Å²) in [7, 11) is -3.80. The monoisotopic (exact) mass is 511 g/mol. The third-order valence-electron chi connectivity index (χ3n) is 6.23. The molecule has 0 spiro atoms. The molecule has 2 fully saturated rings. The van der Waals surface area contributed by atoms with Crippen molar-refractivity contribution in [2.24, 2.45) is 5.92 Å². The molecule has 2 saturated heterocycles. The van der Waals surface area contributed by atoms with Crippen molar-refractivity contribution >= 4 is 33.0 Å². The number of nitro benzene ring substituents is 1. The summed E-state index contributed by atoms with van der Waals surface area (Å²) in [6, 6.07) is 4.52. The Morgan fingerprint density at radius 2 is 1.91 bits per heavy atom. The summed E-state index contributed by atoms with van der Waals surface area (Å²) in [4.78, 5) is 23.1. The van der Waals surface area contributed by atoms with Crippen LogP contribution >= 0.6 is 11.6 Å².